The lowest BCUT2D eigenvalue weighted by molar-refractivity contribution is -0.120. The Bertz CT molecular complexity index is 1160. The molecule has 2 N–H and O–H groups in total. The number of nitrogens with one attached hydrogen (secondary N) is 1. The van der Waals surface area contributed by atoms with Gasteiger partial charge >= 0.3 is 0 Å². The predicted octanol–water partition coefficient (Wildman–Crippen LogP) is 3.79. The molecule has 5 heteroatoms. The van der Waals surface area contributed by atoms with Crippen molar-refractivity contribution in [2.45, 2.75) is 6.42 Å². The SMILES string of the molecule is O=C(Cc1cccc2ccccc12)N/N=C\c1ccc2cccc(O)c2n1. The Kier molecular flexibility index (Phi) is 4.49. The molecule has 1 amide bonds. The van der Waals surface area contributed by atoms with E-state index in [9.17, 15) is 9.90 Å². The van der Waals surface area contributed by atoms with E-state index in [2.05, 4.69) is 15.5 Å². The number of hydrogen-bond acceptors (Lipinski definition) is 4. The van der Waals surface area contributed by atoms with E-state index in [1.54, 1.807) is 18.2 Å². The summed E-state index contributed by atoms with van der Waals surface area (Å²) >= 11 is 0. The molecule has 5 nitrogen and oxygen atoms in total. The fourth-order valence-electron chi connectivity index (χ4n) is 3.05. The summed E-state index contributed by atoms with van der Waals surface area (Å²) < 4.78 is 0. The zero-order chi connectivity index (χ0) is 18.6. The lowest BCUT2D eigenvalue weighted by atomic mass is 10.0. The molecule has 0 atom stereocenters. The number of amides is 1. The number of phenolic OH excluding ortho intramolecular Hbond substituents is 1. The third-order valence-corrected chi connectivity index (χ3v) is 4.34. The molecule has 0 fully saturated rings. The number of nitrogens with zero attached hydrogens (tertiary/aromatic N) is 2. The van der Waals surface area contributed by atoms with Gasteiger partial charge < -0.3 is 5.11 Å². The van der Waals surface area contributed by atoms with Crippen LogP contribution in [-0.2, 0) is 11.2 Å². The molecule has 0 unspecified atom stereocenters. The van der Waals surface area contributed by atoms with Crippen molar-refractivity contribution in [1.82, 2.24) is 10.4 Å². The minimum absolute atomic E-state index is 0.114. The van der Waals surface area contributed by atoms with Crippen LogP contribution in [0.25, 0.3) is 21.7 Å². The van der Waals surface area contributed by atoms with Crippen molar-refractivity contribution in [3.05, 3.63) is 84.1 Å². The first-order chi connectivity index (χ1) is 13.2. The highest BCUT2D eigenvalue weighted by molar-refractivity contribution is 5.91. The normalized spacial score (nSPS) is 11.3. The van der Waals surface area contributed by atoms with Crippen LogP contribution in [0.4, 0.5) is 0 Å². The standard InChI is InChI=1S/C22H17N3O2/c26-20-10-4-7-16-11-12-18(24-22(16)20)14-23-25-21(27)13-17-8-3-6-15-5-1-2-9-19(15)17/h1-12,14,26H,13H2,(H,25,27)/b23-14-. The summed E-state index contributed by atoms with van der Waals surface area (Å²) in [6.07, 6.45) is 1.71. The van der Waals surface area contributed by atoms with E-state index >= 15 is 0 Å². The van der Waals surface area contributed by atoms with Crippen LogP contribution >= 0.6 is 0 Å². The van der Waals surface area contributed by atoms with Crippen LogP contribution in [0.15, 0.2) is 77.9 Å². The van der Waals surface area contributed by atoms with Gasteiger partial charge in [0, 0.05) is 5.39 Å². The van der Waals surface area contributed by atoms with E-state index in [-0.39, 0.29) is 18.1 Å². The van der Waals surface area contributed by atoms with Crippen molar-refractivity contribution in [3.63, 3.8) is 0 Å². The second kappa shape index (κ2) is 7.25. The Labute approximate surface area is 156 Å². The predicted molar refractivity (Wildman–Crippen MR) is 107 cm³/mol. The molecule has 0 aliphatic carbocycles. The first-order valence-corrected chi connectivity index (χ1v) is 8.58. The highest BCUT2D eigenvalue weighted by atomic mass is 16.3. The number of para-hydroxylation sites is 1. The fourth-order valence-corrected chi connectivity index (χ4v) is 3.05. The minimum atomic E-state index is -0.203. The molecular weight excluding hydrogens is 338 g/mol. The Balaban J connectivity index is 1.47. The third kappa shape index (κ3) is 3.62. The van der Waals surface area contributed by atoms with Gasteiger partial charge in [0.2, 0.25) is 5.91 Å². The lowest BCUT2D eigenvalue weighted by Gasteiger charge is -2.05. The van der Waals surface area contributed by atoms with Gasteiger partial charge in [0.1, 0.15) is 11.3 Å². The molecule has 1 aromatic heterocycles. The van der Waals surface area contributed by atoms with Gasteiger partial charge in [-0.05, 0) is 28.5 Å². The number of phenols is 1. The second-order valence-electron chi connectivity index (χ2n) is 6.19. The molecule has 0 aliphatic rings. The lowest BCUT2D eigenvalue weighted by Crippen LogP contribution is -2.20. The smallest absolute Gasteiger partial charge is 0.244 e. The third-order valence-electron chi connectivity index (χ3n) is 4.34. The molecule has 0 radical (unpaired) electrons. The van der Waals surface area contributed by atoms with Gasteiger partial charge in [0.25, 0.3) is 0 Å². The maximum atomic E-state index is 12.2. The summed E-state index contributed by atoms with van der Waals surface area (Å²) in [5.74, 6) is -0.0889. The summed E-state index contributed by atoms with van der Waals surface area (Å²) in [5.41, 5.74) is 4.54. The van der Waals surface area contributed by atoms with Crippen molar-refractivity contribution in [2.75, 3.05) is 0 Å². The summed E-state index contributed by atoms with van der Waals surface area (Å²) in [5, 5.41) is 16.9. The van der Waals surface area contributed by atoms with E-state index in [0.29, 0.717) is 11.2 Å². The summed E-state index contributed by atoms with van der Waals surface area (Å²) in [6.45, 7) is 0. The molecule has 0 bridgehead atoms. The van der Waals surface area contributed by atoms with Gasteiger partial charge in [0.15, 0.2) is 0 Å². The molecule has 0 aliphatic heterocycles. The molecule has 132 valence electrons. The van der Waals surface area contributed by atoms with Gasteiger partial charge in [-0.25, -0.2) is 10.4 Å². The first kappa shape index (κ1) is 16.7. The zero-order valence-electron chi connectivity index (χ0n) is 14.5. The number of aromatic hydroxyl groups is 1. The van der Waals surface area contributed by atoms with E-state index in [1.165, 1.54) is 6.21 Å². The largest absolute Gasteiger partial charge is 0.506 e. The monoisotopic (exact) mass is 355 g/mol. The van der Waals surface area contributed by atoms with Crippen LogP contribution in [0.1, 0.15) is 11.3 Å². The average molecular weight is 355 g/mol. The second-order valence-corrected chi connectivity index (χ2v) is 6.19. The summed E-state index contributed by atoms with van der Waals surface area (Å²) in [4.78, 5) is 16.6. The van der Waals surface area contributed by atoms with E-state index in [4.69, 9.17) is 0 Å². The minimum Gasteiger partial charge on any atom is -0.506 e. The summed E-state index contributed by atoms with van der Waals surface area (Å²) in [7, 11) is 0. The maximum absolute atomic E-state index is 12.2. The molecule has 4 aromatic rings. The van der Waals surface area contributed by atoms with Crippen LogP contribution in [0, 0.1) is 0 Å². The highest BCUT2D eigenvalue weighted by Crippen LogP contribution is 2.22. The fraction of sp³-hybridized carbons (Fsp3) is 0.0455. The molecule has 27 heavy (non-hydrogen) atoms. The van der Waals surface area contributed by atoms with Crippen LogP contribution in [0.5, 0.6) is 5.75 Å². The number of carbonyl (C=O) groups excluding carboxylic acids is 1. The van der Waals surface area contributed by atoms with Crippen LogP contribution in [0.3, 0.4) is 0 Å². The molecule has 3 aromatic carbocycles. The number of fused-ring (bicyclic) bond motifs is 2. The van der Waals surface area contributed by atoms with Crippen LogP contribution in [-0.4, -0.2) is 22.2 Å². The van der Waals surface area contributed by atoms with Gasteiger partial charge in [-0.15, -0.1) is 0 Å². The van der Waals surface area contributed by atoms with E-state index in [1.807, 2.05) is 54.6 Å². The summed E-state index contributed by atoms with van der Waals surface area (Å²) in [6, 6.07) is 22.7. The quantitative estimate of drug-likeness (QED) is 0.432. The number of hydrazone groups is 1. The van der Waals surface area contributed by atoms with Crippen molar-refractivity contribution < 1.29 is 9.90 Å². The molecular formula is C22H17N3O2. The highest BCUT2D eigenvalue weighted by Gasteiger charge is 2.06. The van der Waals surface area contributed by atoms with Crippen molar-refractivity contribution in [2.24, 2.45) is 5.10 Å². The molecule has 0 saturated heterocycles. The number of aromatic nitrogens is 1. The van der Waals surface area contributed by atoms with Crippen molar-refractivity contribution in [1.29, 1.82) is 0 Å². The van der Waals surface area contributed by atoms with Crippen LogP contribution < -0.4 is 5.43 Å². The number of carbonyl (C=O) groups is 1. The zero-order valence-corrected chi connectivity index (χ0v) is 14.5. The van der Waals surface area contributed by atoms with Crippen LogP contribution in [0.2, 0.25) is 0 Å². The van der Waals surface area contributed by atoms with Crippen molar-refractivity contribution >= 4 is 33.8 Å². The molecule has 4 rings (SSSR count). The Hall–Kier alpha value is -3.73. The Morgan fingerprint density at radius 1 is 0.963 bits per heavy atom. The molecule has 0 spiro atoms. The molecule has 0 saturated carbocycles. The Morgan fingerprint density at radius 2 is 1.74 bits per heavy atom. The number of pyridine rings is 1. The number of benzene rings is 3. The molecule has 1 heterocycles. The van der Waals surface area contributed by atoms with Gasteiger partial charge in [-0.1, -0.05) is 60.7 Å². The van der Waals surface area contributed by atoms with E-state index < -0.39 is 0 Å². The maximum Gasteiger partial charge on any atom is 0.244 e. The van der Waals surface area contributed by atoms with Gasteiger partial charge in [-0.3, -0.25) is 4.79 Å². The van der Waals surface area contributed by atoms with Gasteiger partial charge in [0.05, 0.1) is 18.3 Å². The topological polar surface area (TPSA) is 74.6 Å². The Morgan fingerprint density at radius 3 is 2.67 bits per heavy atom. The number of rotatable bonds is 4. The van der Waals surface area contributed by atoms with Crippen molar-refractivity contribution in [3.8, 4) is 5.75 Å². The first-order valence-electron chi connectivity index (χ1n) is 8.58. The number of hydrogen-bond donors (Lipinski definition) is 2. The van der Waals surface area contributed by atoms with Gasteiger partial charge in [-0.2, -0.15) is 5.10 Å². The average Bonchev–Trinajstić information content (AvgIpc) is 2.69. The van der Waals surface area contributed by atoms with E-state index in [0.717, 1.165) is 21.7 Å².